The normalized spacial score (nSPS) is 27.7. The fourth-order valence-corrected chi connectivity index (χ4v) is 3.69. The molecule has 4 nitrogen and oxygen atoms in total. The Morgan fingerprint density at radius 1 is 1.33 bits per heavy atom. The molecule has 2 rings (SSSR count). The van der Waals surface area contributed by atoms with E-state index in [1.54, 1.807) is 7.05 Å². The van der Waals surface area contributed by atoms with E-state index < -0.39 is 12.0 Å². The summed E-state index contributed by atoms with van der Waals surface area (Å²) in [5.41, 5.74) is 0. The summed E-state index contributed by atoms with van der Waals surface area (Å²) in [6.45, 7) is 2.09. The lowest BCUT2D eigenvalue weighted by Gasteiger charge is -2.30. The van der Waals surface area contributed by atoms with Crippen LogP contribution in [-0.4, -0.2) is 48.2 Å². The second-order valence-corrected chi connectivity index (χ2v) is 5.76. The van der Waals surface area contributed by atoms with E-state index in [4.69, 9.17) is 5.11 Å². The van der Waals surface area contributed by atoms with Crippen LogP contribution in [0.15, 0.2) is 0 Å². The molecule has 1 heterocycles. The van der Waals surface area contributed by atoms with Gasteiger partial charge in [-0.3, -0.25) is 4.79 Å². The van der Waals surface area contributed by atoms with Crippen LogP contribution in [0, 0.1) is 5.92 Å². The van der Waals surface area contributed by atoms with Gasteiger partial charge in [0.1, 0.15) is 6.04 Å². The first-order chi connectivity index (χ1) is 8.72. The van der Waals surface area contributed by atoms with Crippen molar-refractivity contribution in [2.75, 3.05) is 20.1 Å². The van der Waals surface area contributed by atoms with Gasteiger partial charge in [0.25, 0.3) is 0 Å². The number of carboxylic acids is 1. The van der Waals surface area contributed by atoms with Gasteiger partial charge in [0.15, 0.2) is 0 Å². The molecule has 104 valence electrons. The second-order valence-electron chi connectivity index (χ2n) is 5.76. The fraction of sp³-hybridized carbons (Fsp3) is 0.929. The third-order valence-electron chi connectivity index (χ3n) is 4.71. The van der Waals surface area contributed by atoms with Gasteiger partial charge < -0.3 is 15.3 Å². The van der Waals surface area contributed by atoms with Crippen molar-refractivity contribution in [2.24, 2.45) is 5.92 Å². The maximum Gasteiger partial charge on any atom is 0.320 e. The van der Waals surface area contributed by atoms with E-state index in [-0.39, 0.29) is 0 Å². The van der Waals surface area contributed by atoms with Crippen molar-refractivity contribution in [3.8, 4) is 0 Å². The fourth-order valence-electron chi connectivity index (χ4n) is 3.69. The molecule has 0 amide bonds. The SMILES string of the molecule is CNC(CCN1CCCC1C1CCCC1)C(=O)O. The molecule has 18 heavy (non-hydrogen) atoms. The first kappa shape index (κ1) is 13.8. The number of nitrogens with zero attached hydrogens (tertiary/aromatic N) is 1. The van der Waals surface area contributed by atoms with Gasteiger partial charge in [-0.25, -0.2) is 0 Å². The second kappa shape index (κ2) is 6.53. The molecule has 1 saturated heterocycles. The van der Waals surface area contributed by atoms with Crippen LogP contribution in [0.25, 0.3) is 0 Å². The first-order valence-corrected chi connectivity index (χ1v) is 7.36. The Morgan fingerprint density at radius 3 is 2.67 bits per heavy atom. The molecule has 1 saturated carbocycles. The van der Waals surface area contributed by atoms with E-state index in [2.05, 4.69) is 10.2 Å². The number of hydrogen-bond donors (Lipinski definition) is 2. The quantitative estimate of drug-likeness (QED) is 0.757. The van der Waals surface area contributed by atoms with Crippen molar-refractivity contribution in [3.63, 3.8) is 0 Å². The topological polar surface area (TPSA) is 52.6 Å². The molecule has 4 heteroatoms. The van der Waals surface area contributed by atoms with Crippen LogP contribution in [0.1, 0.15) is 44.9 Å². The van der Waals surface area contributed by atoms with E-state index in [1.807, 2.05) is 0 Å². The maximum absolute atomic E-state index is 11.0. The monoisotopic (exact) mass is 254 g/mol. The summed E-state index contributed by atoms with van der Waals surface area (Å²) >= 11 is 0. The standard InChI is InChI=1S/C14H26N2O2/c1-15-12(14(17)18)8-10-16-9-4-7-13(16)11-5-2-3-6-11/h11-13,15H,2-10H2,1H3,(H,17,18). The number of aliphatic carboxylic acids is 1. The van der Waals surface area contributed by atoms with E-state index in [0.29, 0.717) is 0 Å². The Labute approximate surface area is 110 Å². The van der Waals surface area contributed by atoms with Gasteiger partial charge >= 0.3 is 5.97 Å². The summed E-state index contributed by atoms with van der Waals surface area (Å²) in [7, 11) is 1.73. The molecule has 1 aliphatic heterocycles. The molecular formula is C14H26N2O2. The predicted octanol–water partition coefficient (Wildman–Crippen LogP) is 1.70. The number of nitrogens with one attached hydrogen (secondary N) is 1. The molecule has 0 aromatic heterocycles. The lowest BCUT2D eigenvalue weighted by molar-refractivity contribution is -0.139. The average Bonchev–Trinajstić information content (AvgIpc) is 2.99. The van der Waals surface area contributed by atoms with E-state index in [1.165, 1.54) is 38.5 Å². The van der Waals surface area contributed by atoms with Crippen LogP contribution in [0.2, 0.25) is 0 Å². The predicted molar refractivity (Wildman–Crippen MR) is 71.7 cm³/mol. The van der Waals surface area contributed by atoms with Crippen LogP contribution < -0.4 is 5.32 Å². The van der Waals surface area contributed by atoms with Gasteiger partial charge in [-0.05, 0) is 51.6 Å². The zero-order valence-corrected chi connectivity index (χ0v) is 11.4. The molecule has 2 aliphatic rings. The zero-order valence-electron chi connectivity index (χ0n) is 11.4. The molecule has 0 aromatic carbocycles. The lowest BCUT2D eigenvalue weighted by Crippen LogP contribution is -2.41. The van der Waals surface area contributed by atoms with E-state index in [0.717, 1.165) is 31.5 Å². The summed E-state index contributed by atoms with van der Waals surface area (Å²) in [6, 6.07) is 0.341. The Bertz CT molecular complexity index is 277. The number of carbonyl (C=O) groups is 1. The minimum Gasteiger partial charge on any atom is -0.480 e. The number of likely N-dealkylation sites (tertiary alicyclic amines) is 1. The van der Waals surface area contributed by atoms with Crippen LogP contribution in [0.5, 0.6) is 0 Å². The Balaban J connectivity index is 1.82. The van der Waals surface area contributed by atoms with Gasteiger partial charge in [-0.2, -0.15) is 0 Å². The molecule has 2 unspecified atom stereocenters. The highest BCUT2D eigenvalue weighted by molar-refractivity contribution is 5.73. The summed E-state index contributed by atoms with van der Waals surface area (Å²) in [5, 5.41) is 11.9. The number of likely N-dealkylation sites (N-methyl/N-ethyl adjacent to an activating group) is 1. The molecule has 0 aromatic rings. The number of carboxylic acid groups (broad SMARTS) is 1. The highest BCUT2D eigenvalue weighted by atomic mass is 16.4. The zero-order chi connectivity index (χ0) is 13.0. The summed E-state index contributed by atoms with van der Waals surface area (Å²) in [6.07, 6.45) is 8.88. The lowest BCUT2D eigenvalue weighted by atomic mass is 9.96. The minimum absolute atomic E-state index is 0.394. The summed E-state index contributed by atoms with van der Waals surface area (Å²) in [4.78, 5) is 13.5. The molecule has 2 atom stereocenters. The third kappa shape index (κ3) is 3.23. The van der Waals surface area contributed by atoms with Crippen LogP contribution in [0.4, 0.5) is 0 Å². The molecule has 2 N–H and O–H groups in total. The van der Waals surface area contributed by atoms with Crippen molar-refractivity contribution < 1.29 is 9.90 Å². The largest absolute Gasteiger partial charge is 0.480 e. The first-order valence-electron chi connectivity index (χ1n) is 7.36. The molecular weight excluding hydrogens is 228 g/mol. The van der Waals surface area contributed by atoms with Crippen molar-refractivity contribution in [2.45, 2.75) is 57.0 Å². The third-order valence-corrected chi connectivity index (χ3v) is 4.71. The van der Waals surface area contributed by atoms with Crippen LogP contribution >= 0.6 is 0 Å². The van der Waals surface area contributed by atoms with Crippen LogP contribution in [-0.2, 0) is 4.79 Å². The molecule has 0 spiro atoms. The minimum atomic E-state index is -0.728. The van der Waals surface area contributed by atoms with Gasteiger partial charge in [0.2, 0.25) is 0 Å². The summed E-state index contributed by atoms with van der Waals surface area (Å²) < 4.78 is 0. The van der Waals surface area contributed by atoms with Gasteiger partial charge in [0.05, 0.1) is 0 Å². The average molecular weight is 254 g/mol. The van der Waals surface area contributed by atoms with Gasteiger partial charge in [-0.1, -0.05) is 12.8 Å². The van der Waals surface area contributed by atoms with Crippen molar-refractivity contribution in [1.29, 1.82) is 0 Å². The van der Waals surface area contributed by atoms with Crippen molar-refractivity contribution in [3.05, 3.63) is 0 Å². The Hall–Kier alpha value is -0.610. The van der Waals surface area contributed by atoms with Gasteiger partial charge in [0, 0.05) is 12.6 Å². The molecule has 0 radical (unpaired) electrons. The maximum atomic E-state index is 11.0. The molecule has 1 aliphatic carbocycles. The van der Waals surface area contributed by atoms with Crippen molar-refractivity contribution >= 4 is 5.97 Å². The Morgan fingerprint density at radius 2 is 2.06 bits per heavy atom. The van der Waals surface area contributed by atoms with Gasteiger partial charge in [-0.15, -0.1) is 0 Å². The van der Waals surface area contributed by atoms with E-state index in [9.17, 15) is 4.79 Å². The van der Waals surface area contributed by atoms with E-state index >= 15 is 0 Å². The smallest absolute Gasteiger partial charge is 0.320 e. The highest BCUT2D eigenvalue weighted by Crippen LogP contribution is 2.35. The number of rotatable bonds is 6. The van der Waals surface area contributed by atoms with Crippen LogP contribution in [0.3, 0.4) is 0 Å². The summed E-state index contributed by atoms with van der Waals surface area (Å²) in [5.74, 6) is 0.152. The van der Waals surface area contributed by atoms with Crippen molar-refractivity contribution in [1.82, 2.24) is 10.2 Å². The Kier molecular flexibility index (Phi) is 5.01. The molecule has 2 fully saturated rings. The highest BCUT2D eigenvalue weighted by Gasteiger charge is 2.33. The number of hydrogen-bond acceptors (Lipinski definition) is 3. The molecule has 0 bridgehead atoms.